The van der Waals surface area contributed by atoms with Gasteiger partial charge in [0.05, 0.1) is 28.9 Å². The van der Waals surface area contributed by atoms with E-state index in [-0.39, 0.29) is 40.5 Å². The van der Waals surface area contributed by atoms with E-state index in [0.29, 0.717) is 11.4 Å². The Morgan fingerprint density at radius 1 is 0.738 bits per heavy atom. The highest BCUT2D eigenvalue weighted by Crippen LogP contribution is 2.67. The maximum absolute atomic E-state index is 15.5. The summed E-state index contributed by atoms with van der Waals surface area (Å²) in [4.78, 5) is 55.2. The molecule has 1 N–H and O–H groups in total. The molecule has 332 valence electrons. The SMILES string of the molecule is CN(C)c1ccc(N=Nc2ccc(N3C(=O)[C@H]4[C@H](CC=C5[C@H]4C[C@@]4(Cl)C(=O)N(c6c(F)c(F)c(F)c(F)c6F)C(=O)[C@@]4(Cl)[C@H]5c4ccc(OCc5ccccc5)cc4O)C3=O)cc2)cc1. The number of amides is 4. The molecule has 5 aromatic rings. The second-order valence-electron chi connectivity index (χ2n) is 16.3. The first kappa shape index (κ1) is 43.6. The monoisotopic (exact) mass is 929 g/mol. The van der Waals surface area contributed by atoms with Crippen LogP contribution >= 0.6 is 23.2 Å². The van der Waals surface area contributed by atoms with Crippen molar-refractivity contribution in [1.29, 1.82) is 0 Å². The van der Waals surface area contributed by atoms with E-state index < -0.39 is 104 Å². The fourth-order valence-corrected chi connectivity index (χ4v) is 10.3. The Labute approximate surface area is 377 Å². The molecular weight excluding hydrogens is 896 g/mol. The first-order valence-electron chi connectivity index (χ1n) is 20.1. The lowest BCUT2D eigenvalue weighted by atomic mass is 9.56. The fourth-order valence-electron chi connectivity index (χ4n) is 9.37. The minimum Gasteiger partial charge on any atom is -0.508 e. The molecule has 4 amide bonds. The largest absolute Gasteiger partial charge is 0.508 e. The molecule has 0 spiro atoms. The smallest absolute Gasteiger partial charge is 0.258 e. The lowest BCUT2D eigenvalue weighted by Crippen LogP contribution is -2.60. The van der Waals surface area contributed by atoms with E-state index in [2.05, 4.69) is 10.2 Å². The standard InChI is InChI=1S/C47H34Cl2F5N5O6/c1-57(2)26-12-8-24(9-13-26)55-56-25-10-14-27(15-11-25)58-42(61)31-19-18-29-32(34(31)43(58)62)21-46(48)44(63)59(41-39(53)37(51)36(50)38(52)40(41)54)45(64)47(46,49)35(29)30-17-16-28(20-33(30)60)65-22-23-6-4-3-5-7-23/h3-18,20,31-32,34-35,60H,19,21-22H2,1-2H3/t31-,32+,34-,35+,46+,47-/m0/s1. The number of aromatic hydroxyl groups is 1. The Bertz CT molecular complexity index is 2860. The zero-order valence-corrected chi connectivity index (χ0v) is 35.6. The minimum absolute atomic E-state index is 0.0819. The second kappa shape index (κ2) is 16.1. The van der Waals surface area contributed by atoms with Crippen LogP contribution in [-0.4, -0.2) is 52.6 Å². The van der Waals surface area contributed by atoms with Crippen molar-refractivity contribution < 1.29 is 51.0 Å². The summed E-state index contributed by atoms with van der Waals surface area (Å²) in [5.41, 5.74) is 1.03. The molecule has 0 unspecified atom stereocenters. The number of anilines is 3. The number of nitrogens with zero attached hydrogens (tertiary/aromatic N) is 5. The molecule has 6 atom stereocenters. The first-order chi connectivity index (χ1) is 31.0. The molecular formula is C47H34Cl2F5N5O6. The number of allylic oxidation sites excluding steroid dienone is 2. The summed E-state index contributed by atoms with van der Waals surface area (Å²) in [6.45, 7) is 0.0819. The van der Waals surface area contributed by atoms with Gasteiger partial charge in [-0.05, 0) is 78.9 Å². The number of phenolic OH excluding ortho intramolecular Hbond substituents is 1. The van der Waals surface area contributed by atoms with Crippen molar-refractivity contribution in [1.82, 2.24) is 0 Å². The van der Waals surface area contributed by atoms with Gasteiger partial charge in [0, 0.05) is 37.3 Å². The first-order valence-corrected chi connectivity index (χ1v) is 20.9. The number of azo groups is 1. The van der Waals surface area contributed by atoms with Crippen molar-refractivity contribution in [3.8, 4) is 11.5 Å². The van der Waals surface area contributed by atoms with Crippen molar-refractivity contribution in [3.63, 3.8) is 0 Å². The molecule has 4 aliphatic rings. The van der Waals surface area contributed by atoms with Gasteiger partial charge in [0.2, 0.25) is 17.6 Å². The number of fused-ring (bicyclic) bond motifs is 4. The van der Waals surface area contributed by atoms with Gasteiger partial charge in [-0.3, -0.25) is 24.1 Å². The summed E-state index contributed by atoms with van der Waals surface area (Å²) < 4.78 is 80.4. The van der Waals surface area contributed by atoms with Gasteiger partial charge in [0.15, 0.2) is 33.0 Å². The van der Waals surface area contributed by atoms with Crippen molar-refractivity contribution >= 4 is 75.3 Å². The van der Waals surface area contributed by atoms with Gasteiger partial charge < -0.3 is 14.7 Å². The van der Waals surface area contributed by atoms with Gasteiger partial charge in [0.1, 0.15) is 23.8 Å². The third-order valence-electron chi connectivity index (χ3n) is 12.5. The summed E-state index contributed by atoms with van der Waals surface area (Å²) in [5, 5.41) is 20.2. The van der Waals surface area contributed by atoms with Gasteiger partial charge in [-0.2, -0.15) is 10.2 Å². The molecule has 2 aliphatic carbocycles. The van der Waals surface area contributed by atoms with Crippen molar-refractivity contribution in [2.24, 2.45) is 28.0 Å². The Kier molecular flexibility index (Phi) is 10.8. The second-order valence-corrected chi connectivity index (χ2v) is 17.6. The quantitative estimate of drug-likeness (QED) is 0.0296. The van der Waals surface area contributed by atoms with Gasteiger partial charge in [-0.15, -0.1) is 23.2 Å². The number of ether oxygens (including phenoxy) is 1. The van der Waals surface area contributed by atoms with E-state index in [1.54, 1.807) is 54.6 Å². The lowest BCUT2D eigenvalue weighted by molar-refractivity contribution is -0.125. The van der Waals surface area contributed by atoms with E-state index in [0.717, 1.165) is 16.2 Å². The Hall–Kier alpha value is -6.65. The Morgan fingerprint density at radius 2 is 1.34 bits per heavy atom. The molecule has 5 aromatic carbocycles. The van der Waals surface area contributed by atoms with Crippen LogP contribution in [0.2, 0.25) is 0 Å². The fraction of sp³-hybridized carbons (Fsp3) is 0.234. The number of halogens is 7. The summed E-state index contributed by atoms with van der Waals surface area (Å²) in [6, 6.07) is 26.4. The molecule has 0 aromatic heterocycles. The summed E-state index contributed by atoms with van der Waals surface area (Å²) >= 11 is 14.5. The number of hydrogen-bond donors (Lipinski definition) is 1. The average molecular weight is 931 g/mol. The number of carbonyl (C=O) groups is 4. The van der Waals surface area contributed by atoms with E-state index in [9.17, 15) is 37.5 Å². The Balaban J connectivity index is 1.10. The molecule has 18 heteroatoms. The van der Waals surface area contributed by atoms with Crippen molar-refractivity contribution in [2.75, 3.05) is 28.8 Å². The summed E-state index contributed by atoms with van der Waals surface area (Å²) in [5.74, 6) is -22.6. The molecule has 0 bridgehead atoms. The van der Waals surface area contributed by atoms with Crippen molar-refractivity contribution in [3.05, 3.63) is 149 Å². The van der Waals surface area contributed by atoms with E-state index >= 15 is 8.78 Å². The van der Waals surface area contributed by atoms with Crippen LogP contribution < -0.4 is 19.4 Å². The number of imide groups is 2. The molecule has 2 aliphatic heterocycles. The molecule has 2 heterocycles. The number of carbonyl (C=O) groups excluding carboxylic acids is 4. The number of phenols is 1. The maximum Gasteiger partial charge on any atom is 0.258 e. The molecule has 3 fully saturated rings. The number of rotatable bonds is 9. The van der Waals surface area contributed by atoms with Gasteiger partial charge in [0.25, 0.3) is 11.8 Å². The van der Waals surface area contributed by atoms with Crippen LogP contribution in [0.1, 0.15) is 29.9 Å². The predicted molar refractivity (Wildman–Crippen MR) is 229 cm³/mol. The lowest BCUT2D eigenvalue weighted by Gasteiger charge is -2.50. The predicted octanol–water partition coefficient (Wildman–Crippen LogP) is 9.92. The highest BCUT2D eigenvalue weighted by molar-refractivity contribution is 6.58. The summed E-state index contributed by atoms with van der Waals surface area (Å²) in [7, 11) is 3.81. The maximum atomic E-state index is 15.5. The molecule has 2 saturated heterocycles. The zero-order valence-electron chi connectivity index (χ0n) is 34.1. The van der Waals surface area contributed by atoms with Gasteiger partial charge in [-0.1, -0.05) is 48.0 Å². The molecule has 9 rings (SSSR count). The van der Waals surface area contributed by atoms with Crippen molar-refractivity contribution in [2.45, 2.75) is 35.1 Å². The normalized spacial score (nSPS) is 24.9. The third kappa shape index (κ3) is 6.75. The van der Waals surface area contributed by atoms with Gasteiger partial charge in [-0.25, -0.2) is 26.9 Å². The van der Waals surface area contributed by atoms with Crippen LogP contribution in [0.5, 0.6) is 11.5 Å². The highest BCUT2D eigenvalue weighted by Gasteiger charge is 2.77. The minimum atomic E-state index is -2.82. The summed E-state index contributed by atoms with van der Waals surface area (Å²) in [6.07, 6.45) is 0.731. The van der Waals surface area contributed by atoms with Crippen LogP contribution in [0.25, 0.3) is 0 Å². The van der Waals surface area contributed by atoms with E-state index in [4.69, 9.17) is 27.9 Å². The highest BCUT2D eigenvalue weighted by atomic mass is 35.5. The van der Waals surface area contributed by atoms with Crippen LogP contribution in [0.3, 0.4) is 0 Å². The van der Waals surface area contributed by atoms with Crippen LogP contribution in [0.4, 0.5) is 50.4 Å². The van der Waals surface area contributed by atoms with Gasteiger partial charge >= 0.3 is 0 Å². The number of alkyl halides is 2. The number of hydrogen-bond acceptors (Lipinski definition) is 9. The van der Waals surface area contributed by atoms with E-state index in [1.807, 2.05) is 37.2 Å². The van der Waals surface area contributed by atoms with Crippen LogP contribution in [0, 0.1) is 46.8 Å². The number of benzene rings is 5. The molecule has 1 saturated carbocycles. The van der Waals surface area contributed by atoms with Crippen LogP contribution in [-0.2, 0) is 25.8 Å². The van der Waals surface area contributed by atoms with Crippen LogP contribution in [0.15, 0.2) is 119 Å². The average Bonchev–Trinajstić information content (AvgIpc) is 3.64. The molecule has 0 radical (unpaired) electrons. The topological polar surface area (TPSA) is 132 Å². The Morgan fingerprint density at radius 3 is 1.94 bits per heavy atom. The van der Waals surface area contributed by atoms with E-state index in [1.165, 1.54) is 30.3 Å². The molecule has 11 nitrogen and oxygen atoms in total. The molecule has 65 heavy (non-hydrogen) atoms. The third-order valence-corrected chi connectivity index (χ3v) is 14.0. The zero-order chi connectivity index (χ0) is 46.3.